The molecule has 3 aromatic rings. The second kappa shape index (κ2) is 5.05. The lowest BCUT2D eigenvalue weighted by Gasteiger charge is -1.99. The summed E-state index contributed by atoms with van der Waals surface area (Å²) in [6.07, 6.45) is 1.68. The summed E-state index contributed by atoms with van der Waals surface area (Å²) in [5.41, 5.74) is 2.89. The van der Waals surface area contributed by atoms with Gasteiger partial charge in [0.25, 0.3) is 0 Å². The number of carbonyl (C=O) groups excluding carboxylic acids is 1. The monoisotopic (exact) mass is 331 g/mol. The number of anilines is 1. The van der Waals surface area contributed by atoms with E-state index >= 15 is 0 Å². The van der Waals surface area contributed by atoms with Crippen molar-refractivity contribution >= 4 is 38.6 Å². The molecule has 0 fully saturated rings. The highest BCUT2D eigenvalue weighted by molar-refractivity contribution is 9.10. The van der Waals surface area contributed by atoms with Crippen LogP contribution in [0.5, 0.6) is 0 Å². The largest absolute Gasteiger partial charge is 0.436 e. The van der Waals surface area contributed by atoms with E-state index in [9.17, 15) is 4.79 Å². The fraction of sp³-hybridized carbons (Fsp3) is 0.0714. The van der Waals surface area contributed by atoms with Gasteiger partial charge in [0.05, 0.1) is 0 Å². The molecule has 3 rings (SSSR count). The van der Waals surface area contributed by atoms with E-state index in [0.29, 0.717) is 22.7 Å². The first-order valence-corrected chi connectivity index (χ1v) is 6.71. The summed E-state index contributed by atoms with van der Waals surface area (Å²) in [6.45, 7) is 1.47. The van der Waals surface area contributed by atoms with Crippen molar-refractivity contribution in [3.05, 3.63) is 41.1 Å². The number of aromatic nitrogens is 2. The first kappa shape index (κ1) is 12.8. The van der Waals surface area contributed by atoms with Crippen molar-refractivity contribution in [2.45, 2.75) is 6.92 Å². The number of oxazole rings is 1. The van der Waals surface area contributed by atoms with E-state index in [1.807, 2.05) is 12.1 Å². The highest BCUT2D eigenvalue weighted by Gasteiger charge is 2.09. The van der Waals surface area contributed by atoms with Gasteiger partial charge in [0.1, 0.15) is 10.1 Å². The van der Waals surface area contributed by atoms with Gasteiger partial charge < -0.3 is 9.73 Å². The van der Waals surface area contributed by atoms with E-state index in [4.69, 9.17) is 4.42 Å². The Labute approximate surface area is 123 Å². The Balaban J connectivity index is 2.04. The number of amides is 1. The molecule has 0 aliphatic rings. The molecule has 20 heavy (non-hydrogen) atoms. The van der Waals surface area contributed by atoms with E-state index in [1.165, 1.54) is 6.92 Å². The lowest BCUT2D eigenvalue weighted by atomic mass is 10.3. The number of nitrogens with zero attached hydrogens (tertiary/aromatic N) is 2. The maximum atomic E-state index is 11.0. The third-order valence-electron chi connectivity index (χ3n) is 2.68. The van der Waals surface area contributed by atoms with Crippen molar-refractivity contribution < 1.29 is 9.21 Å². The Kier molecular flexibility index (Phi) is 3.23. The zero-order valence-corrected chi connectivity index (χ0v) is 12.1. The highest BCUT2D eigenvalue weighted by atomic mass is 79.9. The quantitative estimate of drug-likeness (QED) is 0.728. The molecule has 2 heterocycles. The summed E-state index contributed by atoms with van der Waals surface area (Å²) in [5, 5.41) is 2.72. The molecule has 0 atom stereocenters. The number of hydrogen-bond acceptors (Lipinski definition) is 4. The Morgan fingerprint density at radius 2 is 2.15 bits per heavy atom. The number of benzene rings is 1. The molecule has 0 radical (unpaired) electrons. The van der Waals surface area contributed by atoms with E-state index in [-0.39, 0.29) is 5.91 Å². The number of nitrogens with one attached hydrogen (secondary N) is 1. The summed E-state index contributed by atoms with van der Waals surface area (Å²) in [4.78, 5) is 19.5. The summed E-state index contributed by atoms with van der Waals surface area (Å²) in [7, 11) is 0. The zero-order chi connectivity index (χ0) is 14.1. The van der Waals surface area contributed by atoms with Crippen LogP contribution in [0.1, 0.15) is 6.92 Å². The standard InChI is InChI=1S/C14H10BrN3O2/c1-8(19)17-10-2-3-12-11(7-10)18-14(20-12)9-4-5-16-13(15)6-9/h2-7H,1H3,(H,17,19). The van der Waals surface area contributed by atoms with Crippen molar-refractivity contribution in [1.29, 1.82) is 0 Å². The van der Waals surface area contributed by atoms with Crippen molar-refractivity contribution in [3.63, 3.8) is 0 Å². The van der Waals surface area contributed by atoms with Crippen LogP contribution in [0, 0.1) is 0 Å². The summed E-state index contributed by atoms with van der Waals surface area (Å²) >= 11 is 3.31. The minimum atomic E-state index is -0.119. The third-order valence-corrected chi connectivity index (χ3v) is 3.12. The first-order chi connectivity index (χ1) is 9.61. The van der Waals surface area contributed by atoms with E-state index in [2.05, 4.69) is 31.2 Å². The minimum Gasteiger partial charge on any atom is -0.436 e. The molecule has 5 nitrogen and oxygen atoms in total. The molecule has 0 aliphatic carbocycles. The van der Waals surface area contributed by atoms with Crippen LogP contribution in [0.25, 0.3) is 22.6 Å². The van der Waals surface area contributed by atoms with Gasteiger partial charge in [-0.05, 0) is 46.3 Å². The van der Waals surface area contributed by atoms with Crippen LogP contribution in [-0.4, -0.2) is 15.9 Å². The molecule has 1 aromatic carbocycles. The molecule has 0 unspecified atom stereocenters. The van der Waals surface area contributed by atoms with Crippen molar-refractivity contribution in [1.82, 2.24) is 9.97 Å². The third kappa shape index (κ3) is 2.55. The molecular weight excluding hydrogens is 322 g/mol. The van der Waals surface area contributed by atoms with Gasteiger partial charge in [-0.3, -0.25) is 4.79 Å². The van der Waals surface area contributed by atoms with Gasteiger partial charge in [-0.25, -0.2) is 9.97 Å². The van der Waals surface area contributed by atoms with Crippen molar-refractivity contribution in [2.24, 2.45) is 0 Å². The lowest BCUT2D eigenvalue weighted by molar-refractivity contribution is -0.114. The first-order valence-electron chi connectivity index (χ1n) is 5.92. The van der Waals surface area contributed by atoms with Gasteiger partial charge >= 0.3 is 0 Å². The molecule has 0 saturated heterocycles. The molecule has 0 aliphatic heterocycles. The highest BCUT2D eigenvalue weighted by Crippen LogP contribution is 2.27. The molecule has 1 amide bonds. The van der Waals surface area contributed by atoms with Crippen LogP contribution in [0.2, 0.25) is 0 Å². The molecule has 6 heteroatoms. The van der Waals surface area contributed by atoms with Crippen LogP contribution in [0.15, 0.2) is 45.5 Å². The molecule has 1 N–H and O–H groups in total. The molecule has 0 spiro atoms. The normalized spacial score (nSPS) is 10.7. The second-order valence-electron chi connectivity index (χ2n) is 4.25. The average molecular weight is 332 g/mol. The predicted molar refractivity (Wildman–Crippen MR) is 79.2 cm³/mol. The number of rotatable bonds is 2. The van der Waals surface area contributed by atoms with Crippen molar-refractivity contribution in [2.75, 3.05) is 5.32 Å². The Hall–Kier alpha value is -2.21. The van der Waals surface area contributed by atoms with Gasteiger partial charge in [0.15, 0.2) is 5.58 Å². The van der Waals surface area contributed by atoms with E-state index < -0.39 is 0 Å². The lowest BCUT2D eigenvalue weighted by Crippen LogP contribution is -2.05. The minimum absolute atomic E-state index is 0.119. The van der Waals surface area contributed by atoms with E-state index in [1.54, 1.807) is 24.4 Å². The van der Waals surface area contributed by atoms with Crippen LogP contribution in [-0.2, 0) is 4.79 Å². The Bertz CT molecular complexity index is 798. The molecule has 0 bridgehead atoms. The summed E-state index contributed by atoms with van der Waals surface area (Å²) in [6, 6.07) is 9.00. The molecule has 2 aromatic heterocycles. The van der Waals surface area contributed by atoms with E-state index in [0.717, 1.165) is 10.2 Å². The molecule has 0 saturated carbocycles. The fourth-order valence-electron chi connectivity index (χ4n) is 1.87. The maximum Gasteiger partial charge on any atom is 0.227 e. The van der Waals surface area contributed by atoms with Gasteiger partial charge in [-0.1, -0.05) is 0 Å². The SMILES string of the molecule is CC(=O)Nc1ccc2oc(-c3ccnc(Br)c3)nc2c1. The number of fused-ring (bicyclic) bond motifs is 1. The number of pyridine rings is 1. The second-order valence-corrected chi connectivity index (χ2v) is 5.06. The average Bonchev–Trinajstić information content (AvgIpc) is 2.81. The van der Waals surface area contributed by atoms with Crippen LogP contribution >= 0.6 is 15.9 Å². The van der Waals surface area contributed by atoms with Crippen LogP contribution in [0.3, 0.4) is 0 Å². The zero-order valence-electron chi connectivity index (χ0n) is 10.6. The van der Waals surface area contributed by atoms with Crippen molar-refractivity contribution in [3.8, 4) is 11.5 Å². The van der Waals surface area contributed by atoms with Gasteiger partial charge in [-0.15, -0.1) is 0 Å². The Morgan fingerprint density at radius 3 is 2.90 bits per heavy atom. The number of halogens is 1. The van der Waals surface area contributed by atoms with Crippen LogP contribution in [0.4, 0.5) is 5.69 Å². The number of hydrogen-bond donors (Lipinski definition) is 1. The smallest absolute Gasteiger partial charge is 0.227 e. The van der Waals surface area contributed by atoms with Crippen LogP contribution < -0.4 is 5.32 Å². The fourth-order valence-corrected chi connectivity index (χ4v) is 2.23. The summed E-state index contributed by atoms with van der Waals surface area (Å²) < 4.78 is 6.42. The maximum absolute atomic E-state index is 11.0. The predicted octanol–water partition coefficient (Wildman–Crippen LogP) is 3.61. The summed E-state index contributed by atoms with van der Waals surface area (Å²) in [5.74, 6) is 0.397. The van der Waals surface area contributed by atoms with Gasteiger partial charge in [0, 0.05) is 24.4 Å². The number of carbonyl (C=O) groups is 1. The molecular formula is C14H10BrN3O2. The Morgan fingerprint density at radius 1 is 1.30 bits per heavy atom. The van der Waals surface area contributed by atoms with Gasteiger partial charge in [-0.2, -0.15) is 0 Å². The molecule has 100 valence electrons. The van der Waals surface area contributed by atoms with Gasteiger partial charge in [0.2, 0.25) is 11.8 Å². The topological polar surface area (TPSA) is 68.0 Å².